The molecule has 0 unspecified atom stereocenters. The molecule has 0 radical (unpaired) electrons. The molecule has 0 aliphatic rings. The minimum absolute atomic E-state index is 0.102. The minimum Gasteiger partial charge on any atom is -0.198 e. The summed E-state index contributed by atoms with van der Waals surface area (Å²) in [4.78, 5) is 0. The standard InChI is InChI=1S/C11H10ClN/c1-2-3-10(8-13)9-4-6-11(12)7-5-9/h2,4-7,10H,1,3H2/t10-/m0/s1. The van der Waals surface area contributed by atoms with Gasteiger partial charge in [-0.05, 0) is 24.1 Å². The molecular weight excluding hydrogens is 182 g/mol. The fourth-order valence-electron chi connectivity index (χ4n) is 1.13. The van der Waals surface area contributed by atoms with Crippen LogP contribution in [0.25, 0.3) is 0 Å². The summed E-state index contributed by atoms with van der Waals surface area (Å²) >= 11 is 5.73. The number of allylic oxidation sites excluding steroid dienone is 1. The van der Waals surface area contributed by atoms with Gasteiger partial charge in [0.25, 0.3) is 0 Å². The molecule has 0 N–H and O–H groups in total. The summed E-state index contributed by atoms with van der Waals surface area (Å²) in [5.41, 5.74) is 0.992. The Hall–Kier alpha value is -1.26. The maximum absolute atomic E-state index is 8.85. The second kappa shape index (κ2) is 4.69. The van der Waals surface area contributed by atoms with Crippen LogP contribution in [-0.4, -0.2) is 0 Å². The molecule has 0 aromatic heterocycles. The van der Waals surface area contributed by atoms with Gasteiger partial charge in [0.05, 0.1) is 12.0 Å². The lowest BCUT2D eigenvalue weighted by Crippen LogP contribution is -1.92. The Balaban J connectivity index is 2.87. The first-order valence-electron chi connectivity index (χ1n) is 4.04. The molecule has 13 heavy (non-hydrogen) atoms. The number of halogens is 1. The highest BCUT2D eigenvalue weighted by atomic mass is 35.5. The van der Waals surface area contributed by atoms with Crippen LogP contribution in [0.4, 0.5) is 0 Å². The average Bonchev–Trinajstić information content (AvgIpc) is 2.16. The highest BCUT2D eigenvalue weighted by Crippen LogP contribution is 2.20. The number of benzene rings is 1. The molecule has 1 nitrogen and oxygen atoms in total. The Kier molecular flexibility index (Phi) is 3.54. The van der Waals surface area contributed by atoms with Gasteiger partial charge < -0.3 is 0 Å². The molecule has 0 amide bonds. The van der Waals surface area contributed by atoms with Crippen LogP contribution in [0.2, 0.25) is 5.02 Å². The summed E-state index contributed by atoms with van der Waals surface area (Å²) in [6, 6.07) is 9.57. The topological polar surface area (TPSA) is 23.8 Å². The van der Waals surface area contributed by atoms with E-state index in [1.165, 1.54) is 0 Å². The Bertz CT molecular complexity index is 321. The van der Waals surface area contributed by atoms with Crippen LogP contribution in [0.1, 0.15) is 17.9 Å². The van der Waals surface area contributed by atoms with Crippen LogP contribution in [0.5, 0.6) is 0 Å². The summed E-state index contributed by atoms with van der Waals surface area (Å²) < 4.78 is 0. The zero-order valence-electron chi connectivity index (χ0n) is 7.20. The molecule has 0 heterocycles. The molecule has 0 spiro atoms. The second-order valence-corrected chi connectivity index (χ2v) is 3.19. The lowest BCUT2D eigenvalue weighted by molar-refractivity contribution is 0.879. The van der Waals surface area contributed by atoms with Gasteiger partial charge in [0.15, 0.2) is 0 Å². The zero-order valence-corrected chi connectivity index (χ0v) is 7.96. The average molecular weight is 192 g/mol. The lowest BCUT2D eigenvalue weighted by Gasteiger charge is -2.05. The predicted molar refractivity (Wildman–Crippen MR) is 54.6 cm³/mol. The van der Waals surface area contributed by atoms with E-state index in [2.05, 4.69) is 12.6 Å². The third-order valence-corrected chi connectivity index (χ3v) is 2.08. The van der Waals surface area contributed by atoms with E-state index in [1.54, 1.807) is 18.2 Å². The van der Waals surface area contributed by atoms with Gasteiger partial charge in [0.2, 0.25) is 0 Å². The molecule has 1 aromatic rings. The third kappa shape index (κ3) is 2.61. The maximum atomic E-state index is 8.85. The van der Waals surface area contributed by atoms with Gasteiger partial charge in [-0.15, -0.1) is 6.58 Å². The van der Waals surface area contributed by atoms with Crippen molar-refractivity contribution < 1.29 is 0 Å². The summed E-state index contributed by atoms with van der Waals surface area (Å²) in [5.74, 6) is -0.102. The Morgan fingerprint density at radius 1 is 1.46 bits per heavy atom. The Morgan fingerprint density at radius 3 is 2.54 bits per heavy atom. The molecular formula is C11H10ClN. The lowest BCUT2D eigenvalue weighted by atomic mass is 9.98. The molecule has 0 aliphatic heterocycles. The monoisotopic (exact) mass is 191 g/mol. The van der Waals surface area contributed by atoms with E-state index in [-0.39, 0.29) is 5.92 Å². The number of hydrogen-bond donors (Lipinski definition) is 0. The van der Waals surface area contributed by atoms with Gasteiger partial charge in [-0.3, -0.25) is 0 Å². The number of nitriles is 1. The minimum atomic E-state index is -0.102. The van der Waals surface area contributed by atoms with E-state index >= 15 is 0 Å². The number of hydrogen-bond acceptors (Lipinski definition) is 1. The second-order valence-electron chi connectivity index (χ2n) is 2.76. The summed E-state index contributed by atoms with van der Waals surface area (Å²) in [6.07, 6.45) is 2.43. The summed E-state index contributed by atoms with van der Waals surface area (Å²) in [5, 5.41) is 9.54. The molecule has 0 saturated heterocycles. The SMILES string of the molecule is C=CC[C@@H](C#N)c1ccc(Cl)cc1. The van der Waals surface area contributed by atoms with Gasteiger partial charge in [-0.1, -0.05) is 29.8 Å². The van der Waals surface area contributed by atoms with E-state index in [0.717, 1.165) is 5.56 Å². The number of rotatable bonds is 3. The zero-order chi connectivity index (χ0) is 9.68. The maximum Gasteiger partial charge on any atom is 0.0747 e. The van der Waals surface area contributed by atoms with Crippen molar-refractivity contribution in [3.63, 3.8) is 0 Å². The Labute approximate surface area is 83.3 Å². The molecule has 2 heteroatoms. The van der Waals surface area contributed by atoms with Crippen LogP contribution in [0, 0.1) is 11.3 Å². The van der Waals surface area contributed by atoms with Crippen LogP contribution < -0.4 is 0 Å². The molecule has 0 saturated carbocycles. The molecule has 0 fully saturated rings. The predicted octanol–water partition coefficient (Wildman–Crippen LogP) is 3.52. The quantitative estimate of drug-likeness (QED) is 0.671. The van der Waals surface area contributed by atoms with Crippen molar-refractivity contribution in [2.24, 2.45) is 0 Å². The smallest absolute Gasteiger partial charge is 0.0747 e. The van der Waals surface area contributed by atoms with E-state index in [4.69, 9.17) is 16.9 Å². The van der Waals surface area contributed by atoms with Crippen LogP contribution >= 0.6 is 11.6 Å². The fraction of sp³-hybridized carbons (Fsp3) is 0.182. The van der Waals surface area contributed by atoms with Crippen molar-refractivity contribution in [2.45, 2.75) is 12.3 Å². The van der Waals surface area contributed by atoms with Gasteiger partial charge in [-0.2, -0.15) is 5.26 Å². The van der Waals surface area contributed by atoms with E-state index in [9.17, 15) is 0 Å². The van der Waals surface area contributed by atoms with Crippen molar-refractivity contribution in [2.75, 3.05) is 0 Å². The van der Waals surface area contributed by atoms with Crippen LogP contribution in [-0.2, 0) is 0 Å². The molecule has 1 aromatic carbocycles. The van der Waals surface area contributed by atoms with Crippen LogP contribution in [0.15, 0.2) is 36.9 Å². The number of nitrogens with zero attached hydrogens (tertiary/aromatic N) is 1. The Morgan fingerprint density at radius 2 is 2.08 bits per heavy atom. The van der Waals surface area contributed by atoms with Crippen molar-refractivity contribution >= 4 is 11.6 Å². The first-order chi connectivity index (χ1) is 6.27. The van der Waals surface area contributed by atoms with E-state index in [1.807, 2.05) is 12.1 Å². The fourth-order valence-corrected chi connectivity index (χ4v) is 1.25. The van der Waals surface area contributed by atoms with Gasteiger partial charge >= 0.3 is 0 Å². The molecule has 1 rings (SSSR count). The molecule has 0 bridgehead atoms. The van der Waals surface area contributed by atoms with E-state index < -0.39 is 0 Å². The van der Waals surface area contributed by atoms with Crippen molar-refractivity contribution in [3.8, 4) is 6.07 Å². The third-order valence-electron chi connectivity index (χ3n) is 1.83. The van der Waals surface area contributed by atoms with Gasteiger partial charge in [0.1, 0.15) is 0 Å². The van der Waals surface area contributed by atoms with Crippen molar-refractivity contribution in [3.05, 3.63) is 47.5 Å². The highest BCUT2D eigenvalue weighted by molar-refractivity contribution is 6.30. The first kappa shape index (κ1) is 9.83. The normalized spacial score (nSPS) is 11.7. The van der Waals surface area contributed by atoms with Gasteiger partial charge in [-0.25, -0.2) is 0 Å². The molecule has 66 valence electrons. The first-order valence-corrected chi connectivity index (χ1v) is 4.41. The van der Waals surface area contributed by atoms with E-state index in [0.29, 0.717) is 11.4 Å². The largest absolute Gasteiger partial charge is 0.198 e. The summed E-state index contributed by atoms with van der Waals surface area (Å²) in [7, 11) is 0. The van der Waals surface area contributed by atoms with Crippen LogP contribution in [0.3, 0.4) is 0 Å². The highest BCUT2D eigenvalue weighted by Gasteiger charge is 2.07. The molecule has 0 aliphatic carbocycles. The summed E-state index contributed by atoms with van der Waals surface area (Å²) in [6.45, 7) is 3.61. The molecule has 1 atom stereocenters. The van der Waals surface area contributed by atoms with Gasteiger partial charge in [0, 0.05) is 5.02 Å². The van der Waals surface area contributed by atoms with Crippen molar-refractivity contribution in [1.29, 1.82) is 5.26 Å². The van der Waals surface area contributed by atoms with Crippen molar-refractivity contribution in [1.82, 2.24) is 0 Å².